The fraction of sp³-hybridized carbons (Fsp3) is 0.321. The number of fused-ring (bicyclic) bond motifs is 1. The lowest BCUT2D eigenvalue weighted by molar-refractivity contribution is -0.141. The fourth-order valence-corrected chi connectivity index (χ4v) is 4.27. The number of carboxylic acid groups (broad SMARTS) is 1. The van der Waals surface area contributed by atoms with E-state index in [2.05, 4.69) is 25.9 Å². The van der Waals surface area contributed by atoms with Crippen LogP contribution < -0.4 is 33.2 Å². The van der Waals surface area contributed by atoms with Crippen molar-refractivity contribution in [2.45, 2.75) is 43.8 Å². The summed E-state index contributed by atoms with van der Waals surface area (Å²) >= 11 is 0. The number of carbonyl (C=O) groups is 4. The third-order valence-electron chi connectivity index (χ3n) is 6.37. The second-order valence-corrected chi connectivity index (χ2v) is 9.55. The molecule has 0 aliphatic carbocycles. The summed E-state index contributed by atoms with van der Waals surface area (Å²) in [6, 6.07) is 13.5. The first-order valence-electron chi connectivity index (χ1n) is 13.1. The van der Waals surface area contributed by atoms with Crippen LogP contribution in [0, 0.1) is 0 Å². The minimum atomic E-state index is -1.22. The van der Waals surface area contributed by atoms with E-state index < -0.39 is 48.4 Å². The first kappa shape index (κ1) is 30.6. The number of aromatic amines is 1. The number of amides is 3. The molecule has 3 aromatic rings. The quantitative estimate of drug-likeness (QED) is 0.0680. The number of carbonyl (C=O) groups excluding carboxylic acids is 3. The van der Waals surface area contributed by atoms with Crippen LogP contribution in [0.3, 0.4) is 0 Å². The van der Waals surface area contributed by atoms with Gasteiger partial charge in [-0.1, -0.05) is 48.5 Å². The summed E-state index contributed by atoms with van der Waals surface area (Å²) in [7, 11) is 0. The number of aliphatic carboxylic acids is 1. The molecule has 41 heavy (non-hydrogen) atoms. The fourth-order valence-electron chi connectivity index (χ4n) is 4.27. The van der Waals surface area contributed by atoms with Gasteiger partial charge in [-0.15, -0.1) is 0 Å². The number of hydrogen-bond donors (Lipinski definition) is 8. The molecular formula is C28H36N8O5. The minimum absolute atomic E-state index is 0.0435. The number of H-pyrrole nitrogens is 1. The number of carboxylic acids is 1. The number of benzene rings is 2. The second-order valence-electron chi connectivity index (χ2n) is 9.55. The zero-order valence-electron chi connectivity index (χ0n) is 22.5. The minimum Gasteiger partial charge on any atom is -0.480 e. The SMILES string of the molecule is NC(N)=NCCCC(NC(=O)C(N)Cc1ccccc1)C(=O)NCC(=O)NC(Cc1c[nH]c2ccccc12)C(=O)O. The predicted molar refractivity (Wildman–Crippen MR) is 155 cm³/mol. The molecule has 13 nitrogen and oxygen atoms in total. The summed E-state index contributed by atoms with van der Waals surface area (Å²) in [5.74, 6) is -3.18. The Hall–Kier alpha value is -4.91. The van der Waals surface area contributed by atoms with Crippen molar-refractivity contribution in [2.24, 2.45) is 22.2 Å². The first-order valence-corrected chi connectivity index (χ1v) is 13.1. The standard InChI is InChI=1S/C28H36N8O5/c29-20(13-17-7-2-1-3-8-17)25(38)36-22(11-6-12-32-28(30)31)26(39)34-16-24(37)35-23(27(40)41)14-18-15-33-21-10-5-4-9-19(18)21/h1-5,7-10,15,20,22-23,33H,6,11-14,16,29H2,(H,34,39)(H,35,37)(H,36,38)(H,40,41)(H4,30,31,32). The Labute approximate surface area is 236 Å². The number of aliphatic imine (C=N–C) groups is 1. The van der Waals surface area contributed by atoms with Crippen LogP contribution in [-0.4, -0.2) is 71.0 Å². The molecule has 1 heterocycles. The van der Waals surface area contributed by atoms with Gasteiger partial charge in [0, 0.05) is 30.1 Å². The number of rotatable bonds is 15. The zero-order chi connectivity index (χ0) is 29.8. The van der Waals surface area contributed by atoms with Gasteiger partial charge in [-0.3, -0.25) is 19.4 Å². The summed E-state index contributed by atoms with van der Waals surface area (Å²) in [4.78, 5) is 57.1. The molecule has 0 spiro atoms. The Morgan fingerprint density at radius 3 is 2.32 bits per heavy atom. The monoisotopic (exact) mass is 564 g/mol. The first-order chi connectivity index (χ1) is 19.6. The maximum Gasteiger partial charge on any atom is 0.326 e. The Morgan fingerprint density at radius 2 is 1.61 bits per heavy atom. The van der Waals surface area contributed by atoms with Crippen LogP contribution in [0.5, 0.6) is 0 Å². The molecule has 13 heteroatoms. The van der Waals surface area contributed by atoms with Gasteiger partial charge < -0.3 is 43.2 Å². The summed E-state index contributed by atoms with van der Waals surface area (Å²) in [6.07, 6.45) is 2.55. The predicted octanol–water partition coefficient (Wildman–Crippen LogP) is -0.496. The van der Waals surface area contributed by atoms with Crippen LogP contribution in [0.15, 0.2) is 65.8 Å². The van der Waals surface area contributed by atoms with Gasteiger partial charge in [0.2, 0.25) is 17.7 Å². The molecule has 0 fully saturated rings. The van der Waals surface area contributed by atoms with Crippen LogP contribution in [0.1, 0.15) is 24.0 Å². The highest BCUT2D eigenvalue weighted by atomic mass is 16.4. The lowest BCUT2D eigenvalue weighted by Crippen LogP contribution is -2.54. The van der Waals surface area contributed by atoms with Crippen LogP contribution in [-0.2, 0) is 32.0 Å². The van der Waals surface area contributed by atoms with Gasteiger partial charge >= 0.3 is 5.97 Å². The van der Waals surface area contributed by atoms with Crippen molar-refractivity contribution in [1.29, 1.82) is 0 Å². The van der Waals surface area contributed by atoms with E-state index in [4.69, 9.17) is 17.2 Å². The van der Waals surface area contributed by atoms with Crippen molar-refractivity contribution < 1.29 is 24.3 Å². The van der Waals surface area contributed by atoms with Crippen LogP contribution in [0.4, 0.5) is 0 Å². The summed E-state index contributed by atoms with van der Waals surface area (Å²) < 4.78 is 0. The van der Waals surface area contributed by atoms with Crippen molar-refractivity contribution in [2.75, 3.05) is 13.1 Å². The molecule has 1 aromatic heterocycles. The summed E-state index contributed by atoms with van der Waals surface area (Å²) in [5, 5.41) is 18.1. The van der Waals surface area contributed by atoms with Crippen molar-refractivity contribution in [1.82, 2.24) is 20.9 Å². The van der Waals surface area contributed by atoms with Gasteiger partial charge in [0.15, 0.2) is 5.96 Å². The van der Waals surface area contributed by atoms with Crippen molar-refractivity contribution >= 4 is 40.6 Å². The van der Waals surface area contributed by atoms with E-state index in [0.29, 0.717) is 6.42 Å². The number of para-hydroxylation sites is 1. The molecule has 3 atom stereocenters. The molecule has 3 unspecified atom stereocenters. The van der Waals surface area contributed by atoms with E-state index in [9.17, 15) is 24.3 Å². The van der Waals surface area contributed by atoms with Crippen LogP contribution in [0.2, 0.25) is 0 Å². The van der Waals surface area contributed by atoms with Crippen molar-refractivity contribution in [3.63, 3.8) is 0 Å². The van der Waals surface area contributed by atoms with Gasteiger partial charge in [-0.2, -0.15) is 0 Å². The number of nitrogens with zero attached hydrogens (tertiary/aromatic N) is 1. The molecule has 3 rings (SSSR count). The zero-order valence-corrected chi connectivity index (χ0v) is 22.5. The topological polar surface area (TPSA) is 231 Å². The molecular weight excluding hydrogens is 528 g/mol. The van der Waals surface area contributed by atoms with Crippen LogP contribution >= 0.6 is 0 Å². The van der Waals surface area contributed by atoms with Gasteiger partial charge in [0.05, 0.1) is 12.6 Å². The van der Waals surface area contributed by atoms with Crippen LogP contribution in [0.25, 0.3) is 10.9 Å². The Morgan fingerprint density at radius 1 is 0.902 bits per heavy atom. The number of nitrogens with one attached hydrogen (secondary N) is 4. The maximum absolute atomic E-state index is 13.0. The third kappa shape index (κ3) is 9.65. The average Bonchev–Trinajstić information content (AvgIpc) is 3.36. The molecule has 0 saturated carbocycles. The number of guanidine groups is 1. The largest absolute Gasteiger partial charge is 0.480 e. The van der Waals surface area contributed by atoms with E-state index >= 15 is 0 Å². The van der Waals surface area contributed by atoms with E-state index in [0.717, 1.165) is 22.0 Å². The summed E-state index contributed by atoms with van der Waals surface area (Å²) in [5.41, 5.74) is 19.2. The normalized spacial score (nSPS) is 13.0. The lowest BCUT2D eigenvalue weighted by Gasteiger charge is -2.21. The van der Waals surface area contributed by atoms with E-state index in [1.807, 2.05) is 54.6 Å². The number of aromatic nitrogens is 1. The molecule has 2 aromatic carbocycles. The van der Waals surface area contributed by atoms with Crippen molar-refractivity contribution in [3.05, 3.63) is 71.9 Å². The molecule has 0 aliphatic heterocycles. The smallest absolute Gasteiger partial charge is 0.326 e. The number of nitrogens with two attached hydrogens (primary N) is 3. The molecule has 0 radical (unpaired) electrons. The van der Waals surface area contributed by atoms with Gasteiger partial charge in [-0.25, -0.2) is 4.79 Å². The van der Waals surface area contributed by atoms with Crippen molar-refractivity contribution in [3.8, 4) is 0 Å². The second kappa shape index (κ2) is 15.0. The van der Waals surface area contributed by atoms with Gasteiger partial charge in [-0.05, 0) is 36.5 Å². The highest BCUT2D eigenvalue weighted by Crippen LogP contribution is 2.19. The number of hydrogen-bond acceptors (Lipinski definition) is 6. The van der Waals surface area contributed by atoms with E-state index in [-0.39, 0.29) is 31.8 Å². The lowest BCUT2D eigenvalue weighted by atomic mass is 10.0. The van der Waals surface area contributed by atoms with Gasteiger partial charge in [0.25, 0.3) is 0 Å². The van der Waals surface area contributed by atoms with E-state index in [1.54, 1.807) is 6.20 Å². The molecule has 0 aliphatic rings. The molecule has 11 N–H and O–H groups in total. The highest BCUT2D eigenvalue weighted by molar-refractivity contribution is 5.93. The molecule has 218 valence electrons. The molecule has 0 saturated heterocycles. The molecule has 0 bridgehead atoms. The Bertz CT molecular complexity index is 1370. The maximum atomic E-state index is 13.0. The Balaban J connectivity index is 1.58. The average molecular weight is 565 g/mol. The third-order valence-corrected chi connectivity index (χ3v) is 6.37. The Kier molecular flexibility index (Phi) is 11.2. The van der Waals surface area contributed by atoms with E-state index in [1.165, 1.54) is 0 Å². The van der Waals surface area contributed by atoms with Gasteiger partial charge in [0.1, 0.15) is 12.1 Å². The molecule has 3 amide bonds. The highest BCUT2D eigenvalue weighted by Gasteiger charge is 2.26. The summed E-state index contributed by atoms with van der Waals surface area (Å²) in [6.45, 7) is -0.264.